The lowest BCUT2D eigenvalue weighted by Gasteiger charge is -2.22. The largest absolute Gasteiger partial charge is 0.374 e. The van der Waals surface area contributed by atoms with Crippen LogP contribution in [0, 0.1) is 0 Å². The molecule has 3 rings (SSSR count). The fourth-order valence-electron chi connectivity index (χ4n) is 3.18. The van der Waals surface area contributed by atoms with Crippen molar-refractivity contribution in [3.05, 3.63) is 59.7 Å². The number of rotatable bonds is 7. The molecule has 0 bridgehead atoms. The molecule has 0 heterocycles. The summed E-state index contributed by atoms with van der Waals surface area (Å²) in [5, 5.41) is 0. The Bertz CT molecular complexity index is 888. The molecule has 0 radical (unpaired) electrons. The summed E-state index contributed by atoms with van der Waals surface area (Å²) in [5.41, 5.74) is 6.83. The Morgan fingerprint density at radius 1 is 1.07 bits per heavy atom. The molecule has 6 nitrogen and oxygen atoms in total. The number of hydrogen-bond donors (Lipinski definition) is 2. The first-order valence-electron chi connectivity index (χ1n) is 9.07. The van der Waals surface area contributed by atoms with Crippen molar-refractivity contribution in [2.24, 2.45) is 5.73 Å². The number of amides is 1. The van der Waals surface area contributed by atoms with Crippen LogP contribution < -0.4 is 10.5 Å². The maximum atomic E-state index is 12.5. The first-order valence-corrected chi connectivity index (χ1v) is 10.6. The van der Waals surface area contributed by atoms with Crippen molar-refractivity contribution in [3.63, 3.8) is 0 Å². The summed E-state index contributed by atoms with van der Waals surface area (Å²) in [5.74, 6) is -0.599. The number of carbonyl (C=O) groups excluding carboxylic acids is 1. The van der Waals surface area contributed by atoms with Crippen LogP contribution in [-0.2, 0) is 21.4 Å². The predicted octanol–water partition coefficient (Wildman–Crippen LogP) is 3.44. The van der Waals surface area contributed by atoms with Crippen molar-refractivity contribution >= 4 is 21.6 Å². The van der Waals surface area contributed by atoms with E-state index in [1.807, 2.05) is 6.07 Å². The Balaban J connectivity index is 1.66. The zero-order chi connectivity index (χ0) is 19.3. The topological polar surface area (TPSA) is 98.5 Å². The van der Waals surface area contributed by atoms with Crippen LogP contribution in [0.25, 0.3) is 0 Å². The standard InChI is InChI=1S/C20H24N2O4S/c21-20(23)16-9-11-19(12-10-16)27(24,25)22-17-6-4-5-15(13-17)14-26-18-7-2-1-3-8-18/h4-6,9-13,18,22H,1-3,7-8,14H2,(H2,21,23). The van der Waals surface area contributed by atoms with E-state index in [1.54, 1.807) is 18.2 Å². The van der Waals surface area contributed by atoms with Gasteiger partial charge in [-0.05, 0) is 54.8 Å². The molecule has 0 unspecified atom stereocenters. The summed E-state index contributed by atoms with van der Waals surface area (Å²) in [6, 6.07) is 12.7. The highest BCUT2D eigenvalue weighted by atomic mass is 32.2. The fraction of sp³-hybridized carbons (Fsp3) is 0.350. The Labute approximate surface area is 159 Å². The van der Waals surface area contributed by atoms with E-state index < -0.39 is 15.9 Å². The molecule has 1 amide bonds. The van der Waals surface area contributed by atoms with Gasteiger partial charge >= 0.3 is 0 Å². The lowest BCUT2D eigenvalue weighted by Crippen LogP contribution is -2.16. The van der Waals surface area contributed by atoms with E-state index in [-0.39, 0.29) is 10.5 Å². The molecule has 0 spiro atoms. The quantitative estimate of drug-likeness (QED) is 0.759. The van der Waals surface area contributed by atoms with Gasteiger partial charge in [0, 0.05) is 11.3 Å². The zero-order valence-corrected chi connectivity index (χ0v) is 15.9. The summed E-state index contributed by atoms with van der Waals surface area (Å²) >= 11 is 0. The summed E-state index contributed by atoms with van der Waals surface area (Å²) in [6.07, 6.45) is 6.17. The SMILES string of the molecule is NC(=O)c1ccc(S(=O)(=O)Nc2cccc(COC3CCCCC3)c2)cc1. The summed E-state index contributed by atoms with van der Waals surface area (Å²) in [4.78, 5) is 11.2. The number of nitrogens with two attached hydrogens (primary N) is 1. The smallest absolute Gasteiger partial charge is 0.261 e. The molecule has 3 N–H and O–H groups in total. The lowest BCUT2D eigenvalue weighted by atomic mass is 9.98. The summed E-state index contributed by atoms with van der Waals surface area (Å²) in [6.45, 7) is 0.466. The second kappa shape index (κ2) is 8.54. The highest BCUT2D eigenvalue weighted by molar-refractivity contribution is 7.92. The summed E-state index contributed by atoms with van der Waals surface area (Å²) < 4.78 is 33.6. The minimum absolute atomic E-state index is 0.0661. The molecule has 144 valence electrons. The number of hydrogen-bond acceptors (Lipinski definition) is 4. The van der Waals surface area contributed by atoms with Crippen LogP contribution in [0.2, 0.25) is 0 Å². The van der Waals surface area contributed by atoms with Crippen molar-refractivity contribution in [3.8, 4) is 0 Å². The van der Waals surface area contributed by atoms with Crippen molar-refractivity contribution in [2.45, 2.75) is 49.7 Å². The first kappa shape index (κ1) is 19.4. The van der Waals surface area contributed by atoms with Crippen LogP contribution in [0.4, 0.5) is 5.69 Å². The Kier molecular flexibility index (Phi) is 6.13. The van der Waals surface area contributed by atoms with Gasteiger partial charge in [-0.25, -0.2) is 8.42 Å². The van der Waals surface area contributed by atoms with Crippen molar-refractivity contribution in [2.75, 3.05) is 4.72 Å². The molecular weight excluding hydrogens is 364 g/mol. The van der Waals surface area contributed by atoms with Crippen molar-refractivity contribution in [1.29, 1.82) is 0 Å². The highest BCUT2D eigenvalue weighted by Gasteiger charge is 2.16. The van der Waals surface area contributed by atoms with E-state index >= 15 is 0 Å². The van der Waals surface area contributed by atoms with Gasteiger partial charge in [0.1, 0.15) is 0 Å². The predicted molar refractivity (Wildman–Crippen MR) is 104 cm³/mol. The molecule has 1 aliphatic carbocycles. The molecular formula is C20H24N2O4S. The maximum absolute atomic E-state index is 12.5. The average Bonchev–Trinajstić information content (AvgIpc) is 2.67. The number of benzene rings is 2. The molecule has 1 aliphatic rings. The van der Waals surface area contributed by atoms with Crippen molar-refractivity contribution in [1.82, 2.24) is 0 Å². The molecule has 0 saturated heterocycles. The molecule has 1 fully saturated rings. The van der Waals surface area contributed by atoms with E-state index in [9.17, 15) is 13.2 Å². The Morgan fingerprint density at radius 2 is 1.78 bits per heavy atom. The van der Waals surface area contributed by atoms with Gasteiger partial charge in [-0.2, -0.15) is 0 Å². The molecule has 0 aromatic heterocycles. The fourth-order valence-corrected chi connectivity index (χ4v) is 4.23. The van der Waals surface area contributed by atoms with Gasteiger partial charge in [0.15, 0.2) is 0 Å². The van der Waals surface area contributed by atoms with Crippen molar-refractivity contribution < 1.29 is 17.9 Å². The number of primary amides is 1. The van der Waals surface area contributed by atoms with Crippen LogP contribution in [0.15, 0.2) is 53.4 Å². The van der Waals surface area contributed by atoms with E-state index in [0.29, 0.717) is 18.4 Å². The van der Waals surface area contributed by atoms with Gasteiger partial charge in [0.2, 0.25) is 5.91 Å². The van der Waals surface area contributed by atoms with Crippen LogP contribution in [-0.4, -0.2) is 20.4 Å². The lowest BCUT2D eigenvalue weighted by molar-refractivity contribution is 0.0169. The maximum Gasteiger partial charge on any atom is 0.261 e. The monoisotopic (exact) mass is 388 g/mol. The molecule has 27 heavy (non-hydrogen) atoms. The van der Waals surface area contributed by atoms with Gasteiger partial charge in [-0.3, -0.25) is 9.52 Å². The third kappa shape index (κ3) is 5.30. The van der Waals surface area contributed by atoms with Gasteiger partial charge < -0.3 is 10.5 Å². The molecule has 0 aliphatic heterocycles. The van der Waals surface area contributed by atoms with Gasteiger partial charge in [0.25, 0.3) is 10.0 Å². The molecule has 1 saturated carbocycles. The number of nitrogens with one attached hydrogen (secondary N) is 1. The second-order valence-corrected chi connectivity index (χ2v) is 8.45. The third-order valence-corrected chi connectivity index (χ3v) is 6.06. The van der Waals surface area contributed by atoms with Crippen LogP contribution in [0.5, 0.6) is 0 Å². The number of anilines is 1. The second-order valence-electron chi connectivity index (χ2n) is 6.77. The van der Waals surface area contributed by atoms with Gasteiger partial charge in [-0.1, -0.05) is 31.4 Å². The molecule has 2 aromatic carbocycles. The van der Waals surface area contributed by atoms with E-state index in [4.69, 9.17) is 10.5 Å². The molecule has 2 aromatic rings. The minimum atomic E-state index is -3.75. The molecule has 0 atom stereocenters. The average molecular weight is 388 g/mol. The van der Waals surface area contributed by atoms with Crippen LogP contribution in [0.3, 0.4) is 0 Å². The number of sulfonamides is 1. The number of carbonyl (C=O) groups is 1. The Morgan fingerprint density at radius 3 is 2.44 bits per heavy atom. The third-order valence-electron chi connectivity index (χ3n) is 4.67. The van der Waals surface area contributed by atoms with Gasteiger partial charge in [0.05, 0.1) is 17.6 Å². The van der Waals surface area contributed by atoms with Crippen LogP contribution >= 0.6 is 0 Å². The first-order chi connectivity index (χ1) is 12.9. The van der Waals surface area contributed by atoms with E-state index in [2.05, 4.69) is 4.72 Å². The van der Waals surface area contributed by atoms with E-state index in [0.717, 1.165) is 18.4 Å². The zero-order valence-electron chi connectivity index (χ0n) is 15.1. The van der Waals surface area contributed by atoms with E-state index in [1.165, 1.54) is 43.5 Å². The normalized spacial score (nSPS) is 15.4. The number of ether oxygens (including phenoxy) is 1. The highest BCUT2D eigenvalue weighted by Crippen LogP contribution is 2.23. The Hall–Kier alpha value is -2.38. The van der Waals surface area contributed by atoms with Crippen LogP contribution in [0.1, 0.15) is 48.0 Å². The van der Waals surface area contributed by atoms with Gasteiger partial charge in [-0.15, -0.1) is 0 Å². The molecule has 7 heteroatoms. The summed E-state index contributed by atoms with van der Waals surface area (Å²) in [7, 11) is -3.75. The minimum Gasteiger partial charge on any atom is -0.374 e.